The van der Waals surface area contributed by atoms with Gasteiger partial charge in [0.05, 0.1) is 5.92 Å². The lowest BCUT2D eigenvalue weighted by atomic mass is 10.0. The van der Waals surface area contributed by atoms with Crippen molar-refractivity contribution in [2.24, 2.45) is 5.92 Å². The molecular formula is C16H23NO3. The molecule has 0 heterocycles. The van der Waals surface area contributed by atoms with Crippen LogP contribution in [0.4, 0.5) is 0 Å². The summed E-state index contributed by atoms with van der Waals surface area (Å²) in [7, 11) is 0. The molecule has 1 unspecified atom stereocenters. The number of carbonyl (C=O) groups excluding carboxylic acids is 1. The number of carboxylic acid groups (broad SMARTS) is 1. The van der Waals surface area contributed by atoms with E-state index in [2.05, 4.69) is 5.32 Å². The van der Waals surface area contributed by atoms with Gasteiger partial charge in [-0.3, -0.25) is 9.59 Å². The number of rotatable bonds is 9. The Morgan fingerprint density at radius 2 is 1.95 bits per heavy atom. The summed E-state index contributed by atoms with van der Waals surface area (Å²) in [4.78, 5) is 22.6. The van der Waals surface area contributed by atoms with Gasteiger partial charge in [-0.05, 0) is 24.8 Å². The van der Waals surface area contributed by atoms with Gasteiger partial charge < -0.3 is 10.4 Å². The van der Waals surface area contributed by atoms with Gasteiger partial charge in [0.1, 0.15) is 0 Å². The molecule has 1 rings (SSSR count). The highest BCUT2D eigenvalue weighted by molar-refractivity contribution is 5.77. The standard InChI is InChI=1S/C16H23NO3/c1-2-7-14(16(19)20)12-17-15(18)11-6-10-13-8-4-3-5-9-13/h3-5,8-9,14H,2,6-7,10-12H2,1H3,(H,17,18)(H,19,20). The van der Waals surface area contributed by atoms with E-state index in [4.69, 9.17) is 5.11 Å². The lowest BCUT2D eigenvalue weighted by molar-refractivity contribution is -0.141. The Hall–Kier alpha value is -1.84. The molecule has 1 aromatic carbocycles. The number of carboxylic acids is 1. The zero-order chi connectivity index (χ0) is 14.8. The van der Waals surface area contributed by atoms with Crippen LogP contribution in [0, 0.1) is 5.92 Å². The molecule has 20 heavy (non-hydrogen) atoms. The average molecular weight is 277 g/mol. The van der Waals surface area contributed by atoms with Gasteiger partial charge in [0.25, 0.3) is 0 Å². The van der Waals surface area contributed by atoms with Crippen molar-refractivity contribution in [2.45, 2.75) is 39.0 Å². The Kier molecular flexibility index (Phi) is 7.40. The number of hydrogen-bond acceptors (Lipinski definition) is 2. The topological polar surface area (TPSA) is 66.4 Å². The molecule has 1 amide bonds. The van der Waals surface area contributed by atoms with Crippen LogP contribution in [0.1, 0.15) is 38.2 Å². The Morgan fingerprint density at radius 3 is 2.55 bits per heavy atom. The third-order valence-electron chi connectivity index (χ3n) is 3.24. The number of benzene rings is 1. The van der Waals surface area contributed by atoms with Crippen molar-refractivity contribution in [3.8, 4) is 0 Å². The SMILES string of the molecule is CCCC(CNC(=O)CCCc1ccccc1)C(=O)O. The van der Waals surface area contributed by atoms with E-state index in [1.807, 2.05) is 37.3 Å². The van der Waals surface area contributed by atoms with Gasteiger partial charge in [-0.25, -0.2) is 0 Å². The summed E-state index contributed by atoms with van der Waals surface area (Å²) in [5, 5.41) is 11.7. The van der Waals surface area contributed by atoms with E-state index < -0.39 is 11.9 Å². The Balaban J connectivity index is 2.21. The van der Waals surface area contributed by atoms with Gasteiger partial charge in [0.15, 0.2) is 0 Å². The second-order valence-corrected chi connectivity index (χ2v) is 4.97. The molecule has 4 heteroatoms. The summed E-state index contributed by atoms with van der Waals surface area (Å²) in [6, 6.07) is 10.0. The number of nitrogens with one attached hydrogen (secondary N) is 1. The molecule has 0 saturated heterocycles. The second kappa shape index (κ2) is 9.13. The fraction of sp³-hybridized carbons (Fsp3) is 0.500. The highest BCUT2D eigenvalue weighted by Gasteiger charge is 2.16. The van der Waals surface area contributed by atoms with Crippen molar-refractivity contribution in [2.75, 3.05) is 6.54 Å². The third kappa shape index (κ3) is 6.36. The number of carbonyl (C=O) groups is 2. The molecule has 0 fully saturated rings. The first-order valence-electron chi connectivity index (χ1n) is 7.17. The van der Waals surface area contributed by atoms with E-state index >= 15 is 0 Å². The first kappa shape index (κ1) is 16.2. The van der Waals surface area contributed by atoms with Crippen molar-refractivity contribution >= 4 is 11.9 Å². The normalized spacial score (nSPS) is 11.8. The predicted molar refractivity (Wildman–Crippen MR) is 78.4 cm³/mol. The maximum Gasteiger partial charge on any atom is 0.308 e. The van der Waals surface area contributed by atoms with Gasteiger partial charge in [-0.2, -0.15) is 0 Å². The molecular weight excluding hydrogens is 254 g/mol. The molecule has 0 aromatic heterocycles. The monoisotopic (exact) mass is 277 g/mol. The van der Waals surface area contributed by atoms with Crippen molar-refractivity contribution in [1.29, 1.82) is 0 Å². The van der Waals surface area contributed by atoms with Crippen LogP contribution in [0.2, 0.25) is 0 Å². The van der Waals surface area contributed by atoms with Gasteiger partial charge >= 0.3 is 5.97 Å². The zero-order valence-corrected chi connectivity index (χ0v) is 12.0. The van der Waals surface area contributed by atoms with Crippen molar-refractivity contribution < 1.29 is 14.7 Å². The summed E-state index contributed by atoms with van der Waals surface area (Å²) in [6.07, 6.45) is 3.49. The Morgan fingerprint density at radius 1 is 1.25 bits per heavy atom. The highest BCUT2D eigenvalue weighted by Crippen LogP contribution is 2.06. The Labute approximate surface area is 120 Å². The number of amides is 1. The highest BCUT2D eigenvalue weighted by atomic mass is 16.4. The van der Waals surface area contributed by atoms with Crippen LogP contribution in [0.3, 0.4) is 0 Å². The molecule has 110 valence electrons. The summed E-state index contributed by atoms with van der Waals surface area (Å²) >= 11 is 0. The average Bonchev–Trinajstić information content (AvgIpc) is 2.44. The minimum absolute atomic E-state index is 0.0664. The fourth-order valence-corrected chi connectivity index (χ4v) is 2.08. The molecule has 0 bridgehead atoms. The smallest absolute Gasteiger partial charge is 0.308 e. The third-order valence-corrected chi connectivity index (χ3v) is 3.24. The van der Waals surface area contributed by atoms with Crippen LogP contribution in [-0.4, -0.2) is 23.5 Å². The van der Waals surface area contributed by atoms with Crippen molar-refractivity contribution in [3.63, 3.8) is 0 Å². The number of aliphatic carboxylic acids is 1. The van der Waals surface area contributed by atoms with Crippen molar-refractivity contribution in [3.05, 3.63) is 35.9 Å². The Bertz CT molecular complexity index is 417. The van der Waals surface area contributed by atoms with E-state index in [1.54, 1.807) is 0 Å². The molecule has 0 aliphatic rings. The minimum atomic E-state index is -0.837. The van der Waals surface area contributed by atoms with E-state index in [-0.39, 0.29) is 12.5 Å². The van der Waals surface area contributed by atoms with E-state index in [0.717, 1.165) is 19.3 Å². The molecule has 1 atom stereocenters. The van der Waals surface area contributed by atoms with Gasteiger partial charge in [-0.1, -0.05) is 43.7 Å². The van der Waals surface area contributed by atoms with E-state index in [0.29, 0.717) is 12.8 Å². The fourth-order valence-electron chi connectivity index (χ4n) is 2.08. The molecule has 0 aliphatic heterocycles. The molecule has 0 spiro atoms. The molecule has 0 aliphatic carbocycles. The van der Waals surface area contributed by atoms with Gasteiger partial charge in [-0.15, -0.1) is 0 Å². The number of aryl methyl sites for hydroxylation is 1. The van der Waals surface area contributed by atoms with Crippen molar-refractivity contribution in [1.82, 2.24) is 5.32 Å². The van der Waals surface area contributed by atoms with Crippen LogP contribution < -0.4 is 5.32 Å². The maximum atomic E-state index is 11.7. The second-order valence-electron chi connectivity index (χ2n) is 4.97. The summed E-state index contributed by atoms with van der Waals surface area (Å²) in [5.74, 6) is -1.38. The zero-order valence-electron chi connectivity index (χ0n) is 12.0. The first-order chi connectivity index (χ1) is 9.63. The van der Waals surface area contributed by atoms with Gasteiger partial charge in [0, 0.05) is 13.0 Å². The largest absolute Gasteiger partial charge is 0.481 e. The van der Waals surface area contributed by atoms with Crippen LogP contribution in [-0.2, 0) is 16.0 Å². The molecule has 0 saturated carbocycles. The maximum absolute atomic E-state index is 11.7. The van der Waals surface area contributed by atoms with Crippen LogP contribution in [0.5, 0.6) is 0 Å². The van der Waals surface area contributed by atoms with Crippen LogP contribution in [0.15, 0.2) is 30.3 Å². The summed E-state index contributed by atoms with van der Waals surface area (Å²) in [5.41, 5.74) is 1.22. The molecule has 2 N–H and O–H groups in total. The lowest BCUT2D eigenvalue weighted by Gasteiger charge is -2.12. The number of hydrogen-bond donors (Lipinski definition) is 2. The molecule has 1 aromatic rings. The van der Waals surface area contributed by atoms with Crippen LogP contribution >= 0.6 is 0 Å². The van der Waals surface area contributed by atoms with Crippen LogP contribution in [0.25, 0.3) is 0 Å². The molecule has 4 nitrogen and oxygen atoms in total. The van der Waals surface area contributed by atoms with Gasteiger partial charge in [0.2, 0.25) is 5.91 Å². The summed E-state index contributed by atoms with van der Waals surface area (Å²) in [6.45, 7) is 2.17. The quantitative estimate of drug-likeness (QED) is 0.729. The molecule has 0 radical (unpaired) electrons. The van der Waals surface area contributed by atoms with E-state index in [9.17, 15) is 9.59 Å². The minimum Gasteiger partial charge on any atom is -0.481 e. The van der Waals surface area contributed by atoms with E-state index in [1.165, 1.54) is 5.56 Å². The predicted octanol–water partition coefficient (Wildman–Crippen LogP) is 2.63. The summed E-state index contributed by atoms with van der Waals surface area (Å²) < 4.78 is 0. The first-order valence-corrected chi connectivity index (χ1v) is 7.17. The lowest BCUT2D eigenvalue weighted by Crippen LogP contribution is -2.32.